The molecule has 0 bridgehead atoms. The molecule has 1 aromatic rings. The summed E-state index contributed by atoms with van der Waals surface area (Å²) in [6, 6.07) is 4.87. The summed E-state index contributed by atoms with van der Waals surface area (Å²) < 4.78 is 10.4. The molecule has 2 aliphatic rings. The number of carbonyl (C=O) groups is 2. The molecule has 1 unspecified atom stereocenters. The number of hydrogen-bond acceptors (Lipinski definition) is 5. The van der Waals surface area contributed by atoms with E-state index in [1.165, 1.54) is 6.21 Å². The highest BCUT2D eigenvalue weighted by Gasteiger charge is 2.26. The smallest absolute Gasteiger partial charge is 0.262 e. The number of nitrogens with one attached hydrogen (secondary N) is 2. The van der Waals surface area contributed by atoms with Crippen molar-refractivity contribution in [3.8, 4) is 11.5 Å². The Morgan fingerprint density at radius 1 is 1.40 bits per heavy atom. The largest absolute Gasteiger partial charge is 0.454 e. The van der Waals surface area contributed by atoms with Crippen molar-refractivity contribution in [3.63, 3.8) is 0 Å². The molecule has 0 saturated carbocycles. The number of nitrogens with zero attached hydrogens (tertiary/aromatic N) is 1. The highest BCUT2D eigenvalue weighted by molar-refractivity contribution is 5.91. The van der Waals surface area contributed by atoms with E-state index in [0.29, 0.717) is 24.3 Å². The standard InChI is InChI=1S/C13H13N3O4/c17-12-4-2-9(15-12)13(18)16-14-6-8-1-3-10-11(5-8)20-7-19-10/h1,3,5-6,9H,2,4,7H2,(H,15,17)(H,16,18). The van der Waals surface area contributed by atoms with Crippen LogP contribution in [0.1, 0.15) is 18.4 Å². The zero-order valence-electron chi connectivity index (χ0n) is 10.6. The van der Waals surface area contributed by atoms with Gasteiger partial charge in [-0.2, -0.15) is 5.10 Å². The first kappa shape index (κ1) is 12.5. The minimum atomic E-state index is -0.489. The molecule has 7 nitrogen and oxygen atoms in total. The van der Waals surface area contributed by atoms with Crippen LogP contribution in [0.3, 0.4) is 0 Å². The van der Waals surface area contributed by atoms with Gasteiger partial charge in [0.15, 0.2) is 11.5 Å². The quantitative estimate of drug-likeness (QED) is 0.607. The van der Waals surface area contributed by atoms with Gasteiger partial charge in [0.25, 0.3) is 5.91 Å². The third kappa shape index (κ3) is 2.56. The number of rotatable bonds is 3. The fourth-order valence-electron chi connectivity index (χ4n) is 2.05. The van der Waals surface area contributed by atoms with Gasteiger partial charge in [-0.1, -0.05) is 0 Å². The van der Waals surface area contributed by atoms with Crippen molar-refractivity contribution in [1.29, 1.82) is 0 Å². The molecular weight excluding hydrogens is 262 g/mol. The van der Waals surface area contributed by atoms with Crippen molar-refractivity contribution in [3.05, 3.63) is 23.8 Å². The van der Waals surface area contributed by atoms with Gasteiger partial charge in [0.05, 0.1) is 6.21 Å². The molecule has 2 N–H and O–H groups in total. The first-order valence-corrected chi connectivity index (χ1v) is 6.24. The minimum absolute atomic E-state index is 0.107. The number of amides is 2. The maximum Gasteiger partial charge on any atom is 0.262 e. The summed E-state index contributed by atoms with van der Waals surface area (Å²) in [6.45, 7) is 0.216. The fraction of sp³-hybridized carbons (Fsp3) is 0.308. The lowest BCUT2D eigenvalue weighted by molar-refractivity contribution is -0.125. The number of hydrogen-bond donors (Lipinski definition) is 2. The summed E-state index contributed by atoms with van der Waals surface area (Å²) in [5, 5.41) is 6.44. The lowest BCUT2D eigenvalue weighted by Crippen LogP contribution is -2.39. The SMILES string of the molecule is O=C1CCC(C(=O)NN=Cc2ccc3c(c2)OCO3)N1. The minimum Gasteiger partial charge on any atom is -0.454 e. The zero-order valence-corrected chi connectivity index (χ0v) is 10.6. The lowest BCUT2D eigenvalue weighted by atomic mass is 10.2. The first-order valence-electron chi connectivity index (χ1n) is 6.24. The van der Waals surface area contributed by atoms with Crippen molar-refractivity contribution in [2.24, 2.45) is 5.10 Å². The summed E-state index contributed by atoms with van der Waals surface area (Å²) in [5.74, 6) is 0.931. The first-order chi connectivity index (χ1) is 9.72. The number of benzene rings is 1. The third-order valence-corrected chi connectivity index (χ3v) is 3.10. The Labute approximate surface area is 114 Å². The predicted molar refractivity (Wildman–Crippen MR) is 69.5 cm³/mol. The molecule has 20 heavy (non-hydrogen) atoms. The van der Waals surface area contributed by atoms with E-state index in [4.69, 9.17) is 9.47 Å². The van der Waals surface area contributed by atoms with Gasteiger partial charge in [0, 0.05) is 6.42 Å². The van der Waals surface area contributed by atoms with Crippen LogP contribution < -0.4 is 20.2 Å². The molecule has 0 aromatic heterocycles. The van der Waals surface area contributed by atoms with E-state index in [0.717, 1.165) is 5.56 Å². The second kappa shape index (κ2) is 5.20. The van der Waals surface area contributed by atoms with Crippen LogP contribution in [0, 0.1) is 0 Å². The average molecular weight is 275 g/mol. The van der Waals surface area contributed by atoms with E-state index in [9.17, 15) is 9.59 Å². The average Bonchev–Trinajstić information content (AvgIpc) is 3.06. The van der Waals surface area contributed by atoms with Gasteiger partial charge < -0.3 is 14.8 Å². The fourth-order valence-corrected chi connectivity index (χ4v) is 2.05. The van der Waals surface area contributed by atoms with Crippen LogP contribution >= 0.6 is 0 Å². The summed E-state index contributed by atoms with van der Waals surface area (Å²) in [7, 11) is 0. The van der Waals surface area contributed by atoms with Crippen molar-refractivity contribution >= 4 is 18.0 Å². The topological polar surface area (TPSA) is 89.0 Å². The molecule has 2 aliphatic heterocycles. The summed E-state index contributed by atoms with van der Waals surface area (Å²) >= 11 is 0. The van der Waals surface area contributed by atoms with Crippen LogP contribution in [-0.2, 0) is 9.59 Å². The Morgan fingerprint density at radius 2 is 2.25 bits per heavy atom. The molecule has 1 fully saturated rings. The van der Waals surface area contributed by atoms with Crippen LogP contribution in [0.4, 0.5) is 0 Å². The van der Waals surface area contributed by atoms with Crippen molar-refractivity contribution < 1.29 is 19.1 Å². The Balaban J connectivity index is 1.58. The van der Waals surface area contributed by atoms with E-state index in [-0.39, 0.29) is 18.6 Å². The van der Waals surface area contributed by atoms with Crippen LogP contribution in [0.25, 0.3) is 0 Å². The lowest BCUT2D eigenvalue weighted by Gasteiger charge is -2.06. The number of hydrazone groups is 1. The number of ether oxygens (including phenoxy) is 2. The molecular formula is C13H13N3O4. The van der Waals surface area contributed by atoms with E-state index in [1.807, 2.05) is 0 Å². The van der Waals surface area contributed by atoms with E-state index in [2.05, 4.69) is 15.8 Å². The van der Waals surface area contributed by atoms with Crippen LogP contribution in [0.5, 0.6) is 11.5 Å². The van der Waals surface area contributed by atoms with Crippen LogP contribution in [0.15, 0.2) is 23.3 Å². The molecule has 0 aliphatic carbocycles. The van der Waals surface area contributed by atoms with Crippen molar-refractivity contribution in [1.82, 2.24) is 10.7 Å². The molecule has 2 heterocycles. The maximum atomic E-state index is 11.7. The normalized spacial score (nSPS) is 20.2. The molecule has 1 aromatic carbocycles. The molecule has 1 atom stereocenters. The number of carbonyl (C=O) groups excluding carboxylic acids is 2. The summed E-state index contributed by atoms with van der Waals surface area (Å²) in [6.07, 6.45) is 2.39. The van der Waals surface area contributed by atoms with Crippen molar-refractivity contribution in [2.75, 3.05) is 6.79 Å². The van der Waals surface area contributed by atoms with E-state index >= 15 is 0 Å². The van der Waals surface area contributed by atoms with Gasteiger partial charge >= 0.3 is 0 Å². The highest BCUT2D eigenvalue weighted by Crippen LogP contribution is 2.31. The molecule has 0 radical (unpaired) electrons. The Kier molecular flexibility index (Phi) is 3.24. The van der Waals surface area contributed by atoms with E-state index in [1.54, 1.807) is 18.2 Å². The van der Waals surface area contributed by atoms with Gasteiger partial charge in [-0.3, -0.25) is 9.59 Å². The van der Waals surface area contributed by atoms with E-state index < -0.39 is 6.04 Å². The predicted octanol–water partition coefficient (Wildman–Crippen LogP) is 0.144. The van der Waals surface area contributed by atoms with Gasteiger partial charge in [-0.05, 0) is 30.2 Å². The van der Waals surface area contributed by atoms with Crippen LogP contribution in [0.2, 0.25) is 0 Å². The number of fused-ring (bicyclic) bond motifs is 1. The molecule has 7 heteroatoms. The monoisotopic (exact) mass is 275 g/mol. The Morgan fingerprint density at radius 3 is 3.05 bits per heavy atom. The molecule has 0 spiro atoms. The zero-order chi connectivity index (χ0) is 13.9. The summed E-state index contributed by atoms with van der Waals surface area (Å²) in [4.78, 5) is 22.7. The molecule has 104 valence electrons. The van der Waals surface area contributed by atoms with Gasteiger partial charge in [0.1, 0.15) is 6.04 Å². The second-order valence-electron chi connectivity index (χ2n) is 4.51. The molecule has 1 saturated heterocycles. The molecule has 3 rings (SSSR count). The van der Waals surface area contributed by atoms with Gasteiger partial charge in [-0.25, -0.2) is 5.43 Å². The van der Waals surface area contributed by atoms with Crippen LogP contribution in [-0.4, -0.2) is 30.9 Å². The summed E-state index contributed by atoms with van der Waals surface area (Å²) in [5.41, 5.74) is 3.19. The van der Waals surface area contributed by atoms with Gasteiger partial charge in [-0.15, -0.1) is 0 Å². The van der Waals surface area contributed by atoms with Gasteiger partial charge in [0.2, 0.25) is 12.7 Å². The third-order valence-electron chi connectivity index (χ3n) is 3.10. The molecule has 2 amide bonds. The Hall–Kier alpha value is -2.57. The highest BCUT2D eigenvalue weighted by atomic mass is 16.7. The maximum absolute atomic E-state index is 11.7. The second-order valence-corrected chi connectivity index (χ2v) is 4.51. The Bertz CT molecular complexity index is 585. The van der Waals surface area contributed by atoms with Crippen molar-refractivity contribution in [2.45, 2.75) is 18.9 Å².